The molecule has 0 bridgehead atoms. The lowest BCUT2D eigenvalue weighted by molar-refractivity contribution is 0.0576. The lowest BCUT2D eigenvalue weighted by Gasteiger charge is -2.40. The quantitative estimate of drug-likeness (QED) is 0.460. The number of likely N-dealkylation sites (tertiary alicyclic amines) is 1. The molecule has 1 saturated heterocycles. The number of benzene rings is 2. The molecule has 3 atom stereocenters. The Morgan fingerprint density at radius 1 is 1.12 bits per heavy atom. The summed E-state index contributed by atoms with van der Waals surface area (Å²) in [6.45, 7) is 3.00. The molecule has 1 saturated carbocycles. The van der Waals surface area contributed by atoms with Crippen LogP contribution in [0.5, 0.6) is 0 Å². The summed E-state index contributed by atoms with van der Waals surface area (Å²) in [6, 6.07) is 10.6. The number of halogens is 1. The Kier molecular flexibility index (Phi) is 5.87. The van der Waals surface area contributed by atoms with Gasteiger partial charge in [-0.3, -0.25) is 4.79 Å². The topological polar surface area (TPSA) is 71.0 Å². The van der Waals surface area contributed by atoms with E-state index in [1.165, 1.54) is 13.0 Å². The first kappa shape index (κ1) is 21.6. The predicted octanol–water partition coefficient (Wildman–Crippen LogP) is 5.97. The zero-order chi connectivity index (χ0) is 22.9. The van der Waals surface area contributed by atoms with Gasteiger partial charge in [-0.25, -0.2) is 4.39 Å². The zero-order valence-corrected chi connectivity index (χ0v) is 18.7. The van der Waals surface area contributed by atoms with Crippen molar-refractivity contribution in [1.82, 2.24) is 4.90 Å². The van der Waals surface area contributed by atoms with Crippen molar-refractivity contribution < 1.29 is 13.9 Å². The van der Waals surface area contributed by atoms with E-state index in [-0.39, 0.29) is 29.7 Å². The van der Waals surface area contributed by atoms with Crippen LogP contribution in [0.4, 0.5) is 15.8 Å². The minimum atomic E-state index is -0.304. The van der Waals surface area contributed by atoms with Gasteiger partial charge in [0.25, 0.3) is 0 Å². The average Bonchev–Trinajstić information content (AvgIpc) is 3.05. The number of carbonyl (C=O) groups is 1. The van der Waals surface area contributed by atoms with Gasteiger partial charge in [-0.2, -0.15) is 0 Å². The molecule has 2 aliphatic heterocycles. The Hall–Kier alpha value is -3.22. The molecular formula is C26H28FN3O3. The third-order valence-corrected chi connectivity index (χ3v) is 7.21. The Labute approximate surface area is 192 Å². The van der Waals surface area contributed by atoms with Gasteiger partial charge in [0.2, 0.25) is 0 Å². The first-order chi connectivity index (χ1) is 16.0. The number of Topliss-reactive ketones (excluding diaryl/α,β-unsaturated/α-hetero) is 1. The zero-order valence-electron chi connectivity index (χ0n) is 18.7. The number of hydrogen-bond donors (Lipinski definition) is 1. The predicted molar refractivity (Wildman–Crippen MR) is 126 cm³/mol. The molecule has 2 aromatic rings. The minimum Gasteiger partial charge on any atom is -0.494 e. The summed E-state index contributed by atoms with van der Waals surface area (Å²) in [5.74, 6) is -0.349. The van der Waals surface area contributed by atoms with Crippen LogP contribution in [0.3, 0.4) is 0 Å². The highest BCUT2D eigenvalue weighted by Crippen LogP contribution is 2.39. The number of anilines is 1. The first-order valence-electron chi connectivity index (χ1n) is 11.7. The van der Waals surface area contributed by atoms with Crippen LogP contribution < -0.4 is 5.32 Å². The summed E-state index contributed by atoms with van der Waals surface area (Å²) < 4.78 is 20.9. The smallest absolute Gasteiger partial charge is 0.159 e. The molecule has 172 valence electrons. The SMILES string of the molecule is CC(=O)c1ccc(C2CCCN(/C3=C\OC4CCC4Nc4ccc(N=O)cc43)CC2)c(F)c1. The van der Waals surface area contributed by atoms with E-state index in [2.05, 4.69) is 15.4 Å². The Morgan fingerprint density at radius 2 is 2.00 bits per heavy atom. The van der Waals surface area contributed by atoms with Gasteiger partial charge >= 0.3 is 0 Å². The van der Waals surface area contributed by atoms with Gasteiger partial charge in [-0.15, -0.1) is 4.91 Å². The van der Waals surface area contributed by atoms with Gasteiger partial charge < -0.3 is 15.0 Å². The molecule has 0 amide bonds. The maximum absolute atomic E-state index is 14.8. The second-order valence-electron chi connectivity index (χ2n) is 9.23. The molecule has 2 heterocycles. The van der Waals surface area contributed by atoms with Crippen LogP contribution in [-0.2, 0) is 4.74 Å². The molecule has 0 radical (unpaired) electrons. The van der Waals surface area contributed by atoms with Crippen molar-refractivity contribution in [3.8, 4) is 0 Å². The van der Waals surface area contributed by atoms with E-state index in [0.717, 1.165) is 62.1 Å². The second kappa shape index (κ2) is 8.96. The molecule has 1 N–H and O–H groups in total. The highest BCUT2D eigenvalue weighted by Gasteiger charge is 2.35. The van der Waals surface area contributed by atoms with Crippen molar-refractivity contribution in [2.75, 3.05) is 18.4 Å². The summed E-state index contributed by atoms with van der Waals surface area (Å²) in [4.78, 5) is 25.1. The molecule has 2 fully saturated rings. The van der Waals surface area contributed by atoms with Crippen LogP contribution >= 0.6 is 0 Å². The van der Waals surface area contributed by atoms with E-state index in [0.29, 0.717) is 16.8 Å². The summed E-state index contributed by atoms with van der Waals surface area (Å²) in [6.07, 6.45) is 6.61. The van der Waals surface area contributed by atoms with Gasteiger partial charge in [0.05, 0.1) is 11.7 Å². The van der Waals surface area contributed by atoms with E-state index in [4.69, 9.17) is 4.74 Å². The third kappa shape index (κ3) is 4.24. The Balaban J connectivity index is 1.41. The van der Waals surface area contributed by atoms with E-state index in [1.807, 2.05) is 18.4 Å². The van der Waals surface area contributed by atoms with Crippen molar-refractivity contribution in [1.29, 1.82) is 0 Å². The number of hydrogen-bond acceptors (Lipinski definition) is 6. The van der Waals surface area contributed by atoms with Gasteiger partial charge in [-0.05, 0) is 80.0 Å². The van der Waals surface area contributed by atoms with E-state index in [1.54, 1.807) is 18.2 Å². The molecular weight excluding hydrogens is 421 g/mol. The van der Waals surface area contributed by atoms with Crippen LogP contribution in [0.25, 0.3) is 5.70 Å². The number of fused-ring (bicyclic) bond motifs is 2. The van der Waals surface area contributed by atoms with Gasteiger partial charge in [0.1, 0.15) is 23.9 Å². The highest BCUT2D eigenvalue weighted by molar-refractivity contribution is 5.94. The third-order valence-electron chi connectivity index (χ3n) is 7.21. The number of ether oxygens (including phenoxy) is 1. The van der Waals surface area contributed by atoms with Crippen LogP contribution in [0.2, 0.25) is 0 Å². The van der Waals surface area contributed by atoms with Gasteiger partial charge in [0.15, 0.2) is 5.78 Å². The summed E-state index contributed by atoms with van der Waals surface area (Å²) in [7, 11) is 0. The largest absolute Gasteiger partial charge is 0.494 e. The fraction of sp³-hybridized carbons (Fsp3) is 0.423. The fourth-order valence-electron chi connectivity index (χ4n) is 5.11. The molecule has 3 aliphatic rings. The Bertz CT molecular complexity index is 1120. The molecule has 7 heteroatoms. The van der Waals surface area contributed by atoms with Crippen molar-refractivity contribution in [2.45, 2.75) is 57.1 Å². The number of nitrogens with one attached hydrogen (secondary N) is 1. The summed E-state index contributed by atoms with van der Waals surface area (Å²) in [5, 5.41) is 6.71. The normalized spacial score (nSPS) is 25.9. The van der Waals surface area contributed by atoms with Gasteiger partial charge in [-0.1, -0.05) is 12.1 Å². The van der Waals surface area contributed by atoms with Crippen LogP contribution in [0.15, 0.2) is 47.8 Å². The van der Waals surface area contributed by atoms with Crippen LogP contribution in [-0.4, -0.2) is 35.9 Å². The molecule has 6 nitrogen and oxygen atoms in total. The number of nitrogens with zero attached hydrogens (tertiary/aromatic N) is 2. The number of ketones is 1. The molecule has 0 aromatic heterocycles. The number of carbonyl (C=O) groups excluding carboxylic acids is 1. The molecule has 33 heavy (non-hydrogen) atoms. The minimum absolute atomic E-state index is 0.0858. The van der Waals surface area contributed by atoms with E-state index >= 15 is 0 Å². The van der Waals surface area contributed by atoms with Crippen molar-refractivity contribution in [2.24, 2.45) is 5.18 Å². The molecule has 0 spiro atoms. The monoisotopic (exact) mass is 449 g/mol. The van der Waals surface area contributed by atoms with Crippen molar-refractivity contribution in [3.63, 3.8) is 0 Å². The molecule has 3 unspecified atom stereocenters. The lowest BCUT2D eigenvalue weighted by Crippen LogP contribution is -2.45. The lowest BCUT2D eigenvalue weighted by atomic mass is 9.88. The summed E-state index contributed by atoms with van der Waals surface area (Å²) >= 11 is 0. The van der Waals surface area contributed by atoms with Crippen molar-refractivity contribution in [3.05, 3.63) is 70.1 Å². The standard InChI is InChI=1S/C26H28FN3O3/c1-16(31)18-4-6-20(22(27)13-18)17-3-2-11-30(12-10-17)25-15-33-26-9-8-24(26)28-23-7-5-19(29-32)14-21(23)25/h4-7,13-15,17,24,26,28H,2-3,8-12H2,1H3/b25-15-. The van der Waals surface area contributed by atoms with E-state index < -0.39 is 0 Å². The summed E-state index contributed by atoms with van der Waals surface area (Å²) in [5.41, 5.74) is 4.29. The first-order valence-corrected chi connectivity index (χ1v) is 11.7. The molecule has 5 rings (SSSR count). The van der Waals surface area contributed by atoms with Crippen molar-refractivity contribution >= 4 is 22.9 Å². The molecule has 2 aromatic carbocycles. The fourth-order valence-corrected chi connectivity index (χ4v) is 5.11. The number of nitroso groups, excluding NO2 is 1. The van der Waals surface area contributed by atoms with E-state index in [9.17, 15) is 14.1 Å². The maximum atomic E-state index is 14.8. The van der Waals surface area contributed by atoms with Crippen LogP contribution in [0.1, 0.15) is 66.4 Å². The average molecular weight is 450 g/mol. The molecule has 1 aliphatic carbocycles. The van der Waals surface area contributed by atoms with Gasteiger partial charge in [0, 0.05) is 29.9 Å². The second-order valence-corrected chi connectivity index (χ2v) is 9.23. The Morgan fingerprint density at radius 3 is 2.73 bits per heavy atom. The number of rotatable bonds is 4. The highest BCUT2D eigenvalue weighted by atomic mass is 19.1. The maximum Gasteiger partial charge on any atom is 0.159 e. The van der Waals surface area contributed by atoms with Crippen LogP contribution in [0, 0.1) is 10.7 Å².